The van der Waals surface area contributed by atoms with Crippen molar-refractivity contribution < 1.29 is 5.21 Å². The third-order valence-electron chi connectivity index (χ3n) is 1.68. The van der Waals surface area contributed by atoms with Crippen LogP contribution in [0.5, 0.6) is 0 Å². The number of nitrogens with zero attached hydrogens (tertiary/aromatic N) is 3. The lowest BCUT2D eigenvalue weighted by Gasteiger charge is -2.14. The molecule has 0 aliphatic heterocycles. The van der Waals surface area contributed by atoms with Gasteiger partial charge in [0.05, 0.1) is 5.02 Å². The lowest BCUT2D eigenvalue weighted by molar-refractivity contribution is 0.318. The minimum absolute atomic E-state index is 0.0273. The summed E-state index contributed by atoms with van der Waals surface area (Å²) in [5.41, 5.74) is 5.90. The van der Waals surface area contributed by atoms with E-state index in [2.05, 4.69) is 10.1 Å². The first-order valence-corrected chi connectivity index (χ1v) is 4.25. The van der Waals surface area contributed by atoms with Crippen molar-refractivity contribution in [3.05, 3.63) is 22.8 Å². The molecule has 0 spiro atoms. The molecular formula is C8H11ClN4O. The molecule has 0 aliphatic carbocycles. The molecule has 0 aromatic carbocycles. The second-order valence-electron chi connectivity index (χ2n) is 2.88. The van der Waals surface area contributed by atoms with E-state index >= 15 is 0 Å². The van der Waals surface area contributed by atoms with Gasteiger partial charge in [0, 0.05) is 25.9 Å². The molecule has 1 aromatic heterocycles. The highest BCUT2D eigenvalue weighted by Crippen LogP contribution is 2.24. The van der Waals surface area contributed by atoms with Crippen LogP contribution in [0, 0.1) is 0 Å². The van der Waals surface area contributed by atoms with Gasteiger partial charge in [-0.2, -0.15) is 0 Å². The Morgan fingerprint density at radius 3 is 2.79 bits per heavy atom. The Hall–Kier alpha value is -1.49. The molecule has 6 heteroatoms. The highest BCUT2D eigenvalue weighted by atomic mass is 35.5. The van der Waals surface area contributed by atoms with Gasteiger partial charge in [-0.1, -0.05) is 16.8 Å². The minimum atomic E-state index is -0.0273. The maximum atomic E-state index is 8.51. The quantitative estimate of drug-likeness (QED) is 0.332. The fraction of sp³-hybridized carbons (Fsp3) is 0.250. The molecule has 1 aromatic rings. The average molecular weight is 215 g/mol. The van der Waals surface area contributed by atoms with E-state index in [0.717, 1.165) is 0 Å². The van der Waals surface area contributed by atoms with Crippen molar-refractivity contribution in [3.8, 4) is 0 Å². The molecule has 0 radical (unpaired) electrons. The van der Waals surface area contributed by atoms with E-state index in [1.165, 1.54) is 0 Å². The van der Waals surface area contributed by atoms with Crippen LogP contribution in [0.25, 0.3) is 0 Å². The van der Waals surface area contributed by atoms with Crippen LogP contribution in [0.2, 0.25) is 5.02 Å². The topological polar surface area (TPSA) is 74.7 Å². The van der Waals surface area contributed by atoms with Gasteiger partial charge in [-0.3, -0.25) is 0 Å². The summed E-state index contributed by atoms with van der Waals surface area (Å²) >= 11 is 6.00. The van der Waals surface area contributed by atoms with Gasteiger partial charge < -0.3 is 15.8 Å². The molecule has 3 N–H and O–H groups in total. The Morgan fingerprint density at radius 2 is 2.29 bits per heavy atom. The SMILES string of the molecule is CN(C)c1nccc(/C(N)=N/O)c1Cl. The number of rotatable bonds is 2. The van der Waals surface area contributed by atoms with E-state index in [1.807, 2.05) is 14.1 Å². The van der Waals surface area contributed by atoms with Crippen molar-refractivity contribution >= 4 is 23.3 Å². The van der Waals surface area contributed by atoms with E-state index in [-0.39, 0.29) is 5.84 Å². The lowest BCUT2D eigenvalue weighted by atomic mass is 10.2. The van der Waals surface area contributed by atoms with E-state index in [9.17, 15) is 0 Å². The van der Waals surface area contributed by atoms with Crippen molar-refractivity contribution in [1.29, 1.82) is 0 Å². The molecule has 0 fully saturated rings. The predicted octanol–water partition coefficient (Wildman–Crippen LogP) is 0.896. The van der Waals surface area contributed by atoms with Crippen molar-refractivity contribution in [2.75, 3.05) is 19.0 Å². The largest absolute Gasteiger partial charge is 0.409 e. The molecule has 0 unspecified atom stereocenters. The van der Waals surface area contributed by atoms with Crippen LogP contribution in [0.1, 0.15) is 5.56 Å². The Bertz CT molecular complexity index is 364. The van der Waals surface area contributed by atoms with Gasteiger partial charge in [-0.05, 0) is 6.07 Å². The van der Waals surface area contributed by atoms with Crippen molar-refractivity contribution in [1.82, 2.24) is 4.98 Å². The third-order valence-corrected chi connectivity index (χ3v) is 2.05. The lowest BCUT2D eigenvalue weighted by Crippen LogP contribution is -2.17. The summed E-state index contributed by atoms with van der Waals surface area (Å²) in [6, 6.07) is 1.59. The van der Waals surface area contributed by atoms with Crippen LogP contribution < -0.4 is 10.6 Å². The van der Waals surface area contributed by atoms with E-state index in [1.54, 1.807) is 17.2 Å². The highest BCUT2D eigenvalue weighted by Gasteiger charge is 2.11. The second-order valence-corrected chi connectivity index (χ2v) is 3.25. The average Bonchev–Trinajstić information content (AvgIpc) is 2.16. The number of pyridine rings is 1. The zero-order valence-corrected chi connectivity index (χ0v) is 8.65. The molecule has 76 valence electrons. The minimum Gasteiger partial charge on any atom is -0.409 e. The van der Waals surface area contributed by atoms with Gasteiger partial charge in [0.2, 0.25) is 0 Å². The normalized spacial score (nSPS) is 11.5. The first-order valence-electron chi connectivity index (χ1n) is 3.87. The number of hydrogen-bond donors (Lipinski definition) is 2. The summed E-state index contributed by atoms with van der Waals surface area (Å²) in [5.74, 6) is 0.552. The molecule has 5 nitrogen and oxygen atoms in total. The molecule has 0 aliphatic rings. The van der Waals surface area contributed by atoms with Crippen molar-refractivity contribution in [2.24, 2.45) is 10.9 Å². The number of halogens is 1. The van der Waals surface area contributed by atoms with Crippen LogP contribution in [0.4, 0.5) is 5.82 Å². The summed E-state index contributed by atoms with van der Waals surface area (Å²) < 4.78 is 0. The first-order chi connectivity index (χ1) is 6.57. The maximum Gasteiger partial charge on any atom is 0.171 e. The molecular weight excluding hydrogens is 204 g/mol. The zero-order chi connectivity index (χ0) is 10.7. The fourth-order valence-corrected chi connectivity index (χ4v) is 1.37. The monoisotopic (exact) mass is 214 g/mol. The first kappa shape index (κ1) is 10.6. The predicted molar refractivity (Wildman–Crippen MR) is 56.1 cm³/mol. The molecule has 0 amide bonds. The number of nitrogens with two attached hydrogens (primary N) is 1. The Balaban J connectivity index is 3.28. The highest BCUT2D eigenvalue weighted by molar-refractivity contribution is 6.36. The number of oxime groups is 1. The number of amidine groups is 1. The molecule has 0 atom stereocenters. The Morgan fingerprint density at radius 1 is 1.64 bits per heavy atom. The summed E-state index contributed by atoms with van der Waals surface area (Å²) in [6.07, 6.45) is 1.55. The van der Waals surface area contributed by atoms with Crippen LogP contribution >= 0.6 is 11.6 Å². The maximum absolute atomic E-state index is 8.51. The Labute approximate surface area is 86.8 Å². The Kier molecular flexibility index (Phi) is 3.14. The molecule has 1 rings (SSSR count). The summed E-state index contributed by atoms with van der Waals surface area (Å²) in [6.45, 7) is 0. The van der Waals surface area contributed by atoms with E-state index < -0.39 is 0 Å². The van der Waals surface area contributed by atoms with Crippen molar-refractivity contribution in [3.63, 3.8) is 0 Å². The van der Waals surface area contributed by atoms with Crippen LogP contribution in [0.15, 0.2) is 17.4 Å². The van der Waals surface area contributed by atoms with Gasteiger partial charge in [0.1, 0.15) is 5.82 Å². The molecule has 0 saturated heterocycles. The second kappa shape index (κ2) is 4.15. The fourth-order valence-electron chi connectivity index (χ4n) is 0.996. The summed E-state index contributed by atoms with van der Waals surface area (Å²) in [7, 11) is 3.62. The third kappa shape index (κ3) is 1.88. The van der Waals surface area contributed by atoms with Crippen molar-refractivity contribution in [2.45, 2.75) is 0 Å². The van der Waals surface area contributed by atoms with Gasteiger partial charge in [-0.15, -0.1) is 0 Å². The smallest absolute Gasteiger partial charge is 0.171 e. The summed E-state index contributed by atoms with van der Waals surface area (Å²) in [4.78, 5) is 5.80. The summed E-state index contributed by atoms with van der Waals surface area (Å²) in [5, 5.41) is 11.8. The zero-order valence-electron chi connectivity index (χ0n) is 7.90. The van der Waals surface area contributed by atoms with E-state index in [4.69, 9.17) is 22.5 Å². The number of hydrogen-bond acceptors (Lipinski definition) is 4. The molecule has 1 heterocycles. The molecule has 14 heavy (non-hydrogen) atoms. The van der Waals surface area contributed by atoms with Crippen LogP contribution in [-0.2, 0) is 0 Å². The molecule has 0 bridgehead atoms. The van der Waals surface area contributed by atoms with Gasteiger partial charge in [-0.25, -0.2) is 4.98 Å². The standard InChI is InChI=1S/C8H11ClN4O/c1-13(2)8-6(9)5(3-4-11-8)7(10)12-14/h3-4,14H,1-2H3,(H2,10,12). The van der Waals surface area contributed by atoms with Gasteiger partial charge in [0.15, 0.2) is 5.84 Å². The van der Waals surface area contributed by atoms with Crippen LogP contribution in [-0.4, -0.2) is 30.1 Å². The van der Waals surface area contributed by atoms with Crippen LogP contribution in [0.3, 0.4) is 0 Å². The number of aromatic nitrogens is 1. The van der Waals surface area contributed by atoms with Gasteiger partial charge in [0.25, 0.3) is 0 Å². The molecule has 0 saturated carbocycles. The van der Waals surface area contributed by atoms with Gasteiger partial charge >= 0.3 is 0 Å². The van der Waals surface area contributed by atoms with E-state index in [0.29, 0.717) is 16.4 Å². The number of anilines is 1.